The fourth-order valence-corrected chi connectivity index (χ4v) is 6.00. The van der Waals surface area contributed by atoms with Gasteiger partial charge in [0.2, 0.25) is 0 Å². The van der Waals surface area contributed by atoms with E-state index in [0.717, 1.165) is 11.1 Å². The highest BCUT2D eigenvalue weighted by Gasteiger charge is 2.47. The normalized spacial score (nSPS) is 17.1. The number of amides is 2. The summed E-state index contributed by atoms with van der Waals surface area (Å²) in [6.07, 6.45) is 0. The van der Waals surface area contributed by atoms with Gasteiger partial charge in [-0.2, -0.15) is 0 Å². The van der Waals surface area contributed by atoms with E-state index >= 15 is 0 Å². The van der Waals surface area contributed by atoms with E-state index in [0.29, 0.717) is 22.6 Å². The summed E-state index contributed by atoms with van der Waals surface area (Å²) >= 11 is 0. The van der Waals surface area contributed by atoms with Crippen molar-refractivity contribution in [1.29, 1.82) is 0 Å². The summed E-state index contributed by atoms with van der Waals surface area (Å²) in [6, 6.07) is 27.1. The molecule has 5 rings (SSSR count). The van der Waals surface area contributed by atoms with Crippen molar-refractivity contribution in [3.05, 3.63) is 119 Å². The summed E-state index contributed by atoms with van der Waals surface area (Å²) < 4.78 is 32.5. The van der Waals surface area contributed by atoms with Gasteiger partial charge < -0.3 is 43.0 Å². The van der Waals surface area contributed by atoms with E-state index in [1.165, 1.54) is 0 Å². The topological polar surface area (TPSA) is 138 Å². The molecule has 230 valence electrons. The zero-order valence-corrected chi connectivity index (χ0v) is 25.8. The number of rotatable bonds is 12. The summed E-state index contributed by atoms with van der Waals surface area (Å²) in [4.78, 5) is 46.4. The predicted octanol–water partition coefficient (Wildman–Crippen LogP) is 5.98. The van der Waals surface area contributed by atoms with Crippen molar-refractivity contribution in [3.8, 4) is 23.0 Å². The zero-order chi connectivity index (χ0) is 31.2. The van der Waals surface area contributed by atoms with Crippen LogP contribution in [0.15, 0.2) is 97.1 Å². The molecule has 4 aromatic carbocycles. The first-order chi connectivity index (χ1) is 21.2. The van der Waals surface area contributed by atoms with Gasteiger partial charge in [0.05, 0.1) is 26.3 Å². The molecule has 1 fully saturated rings. The number of hydrogen-bond donors (Lipinski definition) is 3. The Morgan fingerprint density at radius 3 is 1.59 bits per heavy atom. The first-order valence-corrected chi connectivity index (χ1v) is 16.0. The molecule has 0 spiro atoms. The third kappa shape index (κ3) is 7.33. The first kappa shape index (κ1) is 31.3. The zero-order valence-electron chi connectivity index (χ0n) is 23.9. The summed E-state index contributed by atoms with van der Waals surface area (Å²) in [7, 11) is -2.76. The van der Waals surface area contributed by atoms with Crippen LogP contribution >= 0.6 is 16.9 Å². The van der Waals surface area contributed by atoms with Gasteiger partial charge in [-0.15, -0.1) is 0 Å². The van der Waals surface area contributed by atoms with Crippen LogP contribution in [-0.4, -0.2) is 44.7 Å². The molecular formula is C31H32N2O9P2. The third-order valence-electron chi connectivity index (χ3n) is 7.28. The molecule has 44 heavy (non-hydrogen) atoms. The lowest BCUT2D eigenvalue weighted by molar-refractivity contribution is 0.181. The summed E-state index contributed by atoms with van der Waals surface area (Å²) in [5.41, 5.74) is 3.09. The lowest BCUT2D eigenvalue weighted by Gasteiger charge is -2.29. The van der Waals surface area contributed by atoms with Crippen LogP contribution in [0.2, 0.25) is 0 Å². The number of nitrogens with zero attached hydrogens (tertiary/aromatic N) is 2. The molecule has 11 nitrogen and oxygen atoms in total. The Morgan fingerprint density at radius 1 is 0.705 bits per heavy atom. The smallest absolute Gasteiger partial charge is 0.391 e. The number of ether oxygens (including phenoxy) is 2. The number of carbonyl (C=O) groups excluding carboxylic acids is 1. The number of hydrogen-bond acceptors (Lipinski definition) is 8. The maximum Gasteiger partial charge on any atom is 0.391 e. The van der Waals surface area contributed by atoms with Gasteiger partial charge in [-0.3, -0.25) is 0 Å². The van der Waals surface area contributed by atoms with Gasteiger partial charge in [-0.25, -0.2) is 9.36 Å². The molecule has 1 heterocycles. The molecular weight excluding hydrogens is 606 g/mol. The molecule has 1 unspecified atom stereocenters. The molecule has 0 radical (unpaired) electrons. The molecule has 0 aliphatic carbocycles. The van der Waals surface area contributed by atoms with Gasteiger partial charge in [-0.05, 0) is 70.8 Å². The van der Waals surface area contributed by atoms with Crippen LogP contribution in [0.3, 0.4) is 0 Å². The van der Waals surface area contributed by atoms with Crippen LogP contribution < -0.4 is 18.5 Å². The fraction of sp³-hybridized carbons (Fsp3) is 0.194. The van der Waals surface area contributed by atoms with E-state index in [9.17, 15) is 24.0 Å². The highest BCUT2D eigenvalue weighted by molar-refractivity contribution is 7.39. The molecule has 1 saturated heterocycles. The molecule has 0 bridgehead atoms. The van der Waals surface area contributed by atoms with Crippen molar-refractivity contribution in [1.82, 2.24) is 9.80 Å². The third-order valence-corrected chi connectivity index (χ3v) is 8.06. The van der Waals surface area contributed by atoms with E-state index in [1.54, 1.807) is 60.4 Å². The second-order valence-electron chi connectivity index (χ2n) is 9.98. The van der Waals surface area contributed by atoms with Crippen molar-refractivity contribution in [2.24, 2.45) is 0 Å². The van der Waals surface area contributed by atoms with Crippen molar-refractivity contribution in [2.45, 2.75) is 25.2 Å². The van der Waals surface area contributed by atoms with Gasteiger partial charge in [0.15, 0.2) is 0 Å². The Hall–Kier alpha value is -4.11. The van der Waals surface area contributed by atoms with Crippen molar-refractivity contribution >= 4 is 22.9 Å². The molecule has 1 aliphatic heterocycles. The van der Waals surface area contributed by atoms with Crippen molar-refractivity contribution in [3.63, 3.8) is 0 Å². The minimum absolute atomic E-state index is 0.196. The van der Waals surface area contributed by atoms with Crippen LogP contribution in [-0.2, 0) is 17.7 Å². The molecule has 13 heteroatoms. The molecule has 0 aromatic heterocycles. The molecule has 3 N–H and O–H groups in total. The highest BCUT2D eigenvalue weighted by atomic mass is 31.2. The average Bonchev–Trinajstić information content (AvgIpc) is 3.28. The second-order valence-corrected chi connectivity index (χ2v) is 11.4. The fourth-order valence-electron chi connectivity index (χ4n) is 5.37. The largest absolute Gasteiger partial charge is 0.497 e. The van der Waals surface area contributed by atoms with Gasteiger partial charge in [0.25, 0.3) is 0 Å². The Morgan fingerprint density at radius 2 is 1.16 bits per heavy atom. The van der Waals surface area contributed by atoms with Gasteiger partial charge >= 0.3 is 22.9 Å². The molecule has 2 amide bonds. The molecule has 4 aromatic rings. The van der Waals surface area contributed by atoms with Gasteiger partial charge in [0.1, 0.15) is 23.0 Å². The Balaban J connectivity index is 1.64. The molecule has 0 saturated carbocycles. The number of urea groups is 1. The lowest BCUT2D eigenvalue weighted by atomic mass is 9.92. The minimum Gasteiger partial charge on any atom is -0.497 e. The van der Waals surface area contributed by atoms with Gasteiger partial charge in [-0.1, -0.05) is 48.5 Å². The monoisotopic (exact) mass is 638 g/mol. The van der Waals surface area contributed by atoms with Crippen LogP contribution in [0.5, 0.6) is 23.0 Å². The second kappa shape index (κ2) is 14.1. The van der Waals surface area contributed by atoms with Crippen LogP contribution in [0.1, 0.15) is 34.3 Å². The first-order valence-electron chi connectivity index (χ1n) is 13.6. The Kier molecular flexibility index (Phi) is 10.0. The number of benzene rings is 4. The van der Waals surface area contributed by atoms with Crippen molar-refractivity contribution in [2.75, 3.05) is 14.2 Å². The highest BCUT2D eigenvalue weighted by Crippen LogP contribution is 2.48. The van der Waals surface area contributed by atoms with E-state index < -0.39 is 28.9 Å². The van der Waals surface area contributed by atoms with E-state index in [4.69, 9.17) is 18.5 Å². The number of carbonyl (C=O) groups is 1. The minimum atomic E-state index is -3.27. The average molecular weight is 639 g/mol. The summed E-state index contributed by atoms with van der Waals surface area (Å²) in [5, 5.41) is 0. The lowest BCUT2D eigenvalue weighted by Crippen LogP contribution is -2.32. The summed E-state index contributed by atoms with van der Waals surface area (Å²) in [5.74, 6) is 1.80. The SMILES string of the molecule is COc1ccc(CN2C(=O)N(Cc3ccc(OC)cc3)[C@@H](c3cccc(O[PH](=O)O)c3)[C@@H]2c2cccc(OP(O)O)c2)cc1. The van der Waals surface area contributed by atoms with Crippen molar-refractivity contribution < 1.29 is 42.6 Å². The quantitative estimate of drug-likeness (QED) is 0.160. The molecule has 3 atom stereocenters. The Labute approximate surface area is 256 Å². The van der Waals surface area contributed by atoms with Gasteiger partial charge in [0, 0.05) is 13.1 Å². The van der Waals surface area contributed by atoms with E-state index in [-0.39, 0.29) is 30.6 Å². The standard InChI is InChI=1S/C31H32N2O9P2/c1-39-25-13-9-21(10-14-25)19-32-29(23-5-3-7-27(17-23)41-43(35)36)30(24-6-4-8-28(18-24)42-44(37)38)33(31(32)34)20-22-11-15-26(40-2)16-12-22/h3-18,29-30,35-36,44H,19-20H2,1-2H3,(H,37,38)/t29-,30-/m0/s1. The van der Waals surface area contributed by atoms with E-state index in [1.807, 2.05) is 60.7 Å². The summed E-state index contributed by atoms with van der Waals surface area (Å²) in [6.45, 7) is 0.501. The van der Waals surface area contributed by atoms with Crippen LogP contribution in [0.4, 0.5) is 4.79 Å². The predicted molar refractivity (Wildman–Crippen MR) is 165 cm³/mol. The molecule has 1 aliphatic rings. The maximum absolute atomic E-state index is 14.4. The van der Waals surface area contributed by atoms with Crippen LogP contribution in [0, 0.1) is 0 Å². The van der Waals surface area contributed by atoms with Crippen LogP contribution in [0.25, 0.3) is 0 Å². The van der Waals surface area contributed by atoms with E-state index in [2.05, 4.69) is 0 Å². The Bertz CT molecular complexity index is 1600. The number of methoxy groups -OCH3 is 2. The maximum atomic E-state index is 14.4.